The number of halogens is 2. The van der Waals surface area contributed by atoms with Crippen molar-refractivity contribution in [2.75, 3.05) is 31.5 Å². The van der Waals surface area contributed by atoms with Gasteiger partial charge in [0.15, 0.2) is 16.8 Å². The highest BCUT2D eigenvalue weighted by molar-refractivity contribution is 7.14. The largest absolute Gasteiger partial charge is 0.444 e. The Morgan fingerprint density at radius 1 is 1.22 bits per heavy atom. The lowest BCUT2D eigenvalue weighted by Gasteiger charge is -2.31. The quantitative estimate of drug-likeness (QED) is 0.665. The van der Waals surface area contributed by atoms with Crippen LogP contribution in [0.3, 0.4) is 0 Å². The molecular weight excluding hydrogens is 438 g/mol. The van der Waals surface area contributed by atoms with Gasteiger partial charge in [-0.1, -0.05) is 0 Å². The number of nitrogens with one attached hydrogen (secondary N) is 2. The van der Waals surface area contributed by atoms with Gasteiger partial charge in [-0.05, 0) is 70.8 Å². The van der Waals surface area contributed by atoms with Crippen molar-refractivity contribution >= 4 is 28.5 Å². The Balaban J connectivity index is 1.40. The number of nitrogens with zero attached hydrogens (tertiary/aromatic N) is 2. The van der Waals surface area contributed by atoms with Crippen LogP contribution in [0.5, 0.6) is 0 Å². The predicted molar refractivity (Wildman–Crippen MR) is 119 cm³/mol. The van der Waals surface area contributed by atoms with E-state index in [1.807, 2.05) is 20.8 Å². The Kier molecular flexibility index (Phi) is 7.78. The maximum atomic E-state index is 13.4. The molecule has 0 aliphatic carbocycles. The maximum absolute atomic E-state index is 13.4. The van der Waals surface area contributed by atoms with E-state index in [1.165, 1.54) is 17.4 Å². The summed E-state index contributed by atoms with van der Waals surface area (Å²) in [7, 11) is 0. The van der Waals surface area contributed by atoms with Gasteiger partial charge in [-0.2, -0.15) is 0 Å². The number of likely N-dealkylation sites (tertiary alicyclic amines) is 1. The average Bonchev–Trinajstić information content (AvgIpc) is 3.16. The summed E-state index contributed by atoms with van der Waals surface area (Å²) in [6.07, 6.45) is 1.34. The number of thiazole rings is 1. The highest BCUT2D eigenvalue weighted by Crippen LogP contribution is 2.26. The van der Waals surface area contributed by atoms with Crippen molar-refractivity contribution in [3.63, 3.8) is 0 Å². The number of aromatic nitrogens is 1. The molecule has 0 atom stereocenters. The number of alkyl carbamates (subject to hydrolysis) is 1. The number of rotatable bonds is 6. The van der Waals surface area contributed by atoms with Gasteiger partial charge in [0.1, 0.15) is 5.60 Å². The first-order valence-electron chi connectivity index (χ1n) is 10.5. The summed E-state index contributed by atoms with van der Waals surface area (Å²) in [5.41, 5.74) is 0.402. The molecule has 0 spiro atoms. The topological polar surface area (TPSA) is 83.6 Å². The molecule has 2 N–H and O–H groups in total. The normalized spacial score (nSPS) is 15.4. The van der Waals surface area contributed by atoms with E-state index in [-0.39, 0.29) is 12.5 Å². The van der Waals surface area contributed by atoms with E-state index in [2.05, 4.69) is 20.5 Å². The summed E-state index contributed by atoms with van der Waals surface area (Å²) in [6, 6.07) is 3.58. The predicted octanol–water partition coefficient (Wildman–Crippen LogP) is 4.26. The molecule has 0 radical (unpaired) electrons. The van der Waals surface area contributed by atoms with Crippen LogP contribution >= 0.6 is 11.3 Å². The molecule has 2 amide bonds. The van der Waals surface area contributed by atoms with Gasteiger partial charge in [0.2, 0.25) is 5.91 Å². The van der Waals surface area contributed by atoms with Crippen molar-refractivity contribution in [1.82, 2.24) is 15.2 Å². The first-order valence-corrected chi connectivity index (χ1v) is 11.4. The van der Waals surface area contributed by atoms with Gasteiger partial charge in [-0.3, -0.25) is 9.69 Å². The Labute approximate surface area is 190 Å². The highest BCUT2D eigenvalue weighted by atomic mass is 32.1. The summed E-state index contributed by atoms with van der Waals surface area (Å²) in [4.78, 5) is 30.5. The summed E-state index contributed by atoms with van der Waals surface area (Å²) in [5, 5.41) is 7.67. The lowest BCUT2D eigenvalue weighted by Crippen LogP contribution is -2.42. The molecule has 10 heteroatoms. The summed E-state index contributed by atoms with van der Waals surface area (Å²) in [6.45, 7) is 7.78. The molecule has 7 nitrogen and oxygen atoms in total. The second kappa shape index (κ2) is 10.4. The minimum atomic E-state index is -0.939. The van der Waals surface area contributed by atoms with E-state index in [4.69, 9.17) is 4.74 Å². The first kappa shape index (κ1) is 24.1. The third-order valence-electron chi connectivity index (χ3n) is 4.97. The van der Waals surface area contributed by atoms with Gasteiger partial charge in [-0.25, -0.2) is 18.6 Å². The Hall–Kier alpha value is -2.59. The van der Waals surface area contributed by atoms with E-state index in [9.17, 15) is 18.4 Å². The molecule has 1 aliphatic rings. The van der Waals surface area contributed by atoms with Crippen LogP contribution in [-0.4, -0.2) is 53.7 Å². The first-order chi connectivity index (χ1) is 15.1. The third-order valence-corrected chi connectivity index (χ3v) is 5.73. The Morgan fingerprint density at radius 3 is 2.59 bits per heavy atom. The zero-order chi connectivity index (χ0) is 23.3. The number of piperidine rings is 1. The van der Waals surface area contributed by atoms with Crippen molar-refractivity contribution in [2.24, 2.45) is 5.92 Å². The van der Waals surface area contributed by atoms with Crippen molar-refractivity contribution in [2.45, 2.75) is 39.2 Å². The second-order valence-electron chi connectivity index (χ2n) is 8.82. The number of hydrogen-bond donors (Lipinski definition) is 2. The van der Waals surface area contributed by atoms with Crippen LogP contribution in [0.25, 0.3) is 11.3 Å². The van der Waals surface area contributed by atoms with Crippen LogP contribution in [0.15, 0.2) is 23.6 Å². The molecule has 1 saturated heterocycles. The van der Waals surface area contributed by atoms with Crippen LogP contribution in [0, 0.1) is 17.6 Å². The SMILES string of the molecule is CC(C)(C)OC(=O)NCC1CCN(CC(=O)Nc2nc(-c3ccc(F)c(F)c3)cs2)CC1. The zero-order valence-corrected chi connectivity index (χ0v) is 19.2. The minimum absolute atomic E-state index is 0.179. The minimum Gasteiger partial charge on any atom is -0.444 e. The van der Waals surface area contributed by atoms with Crippen molar-refractivity contribution in [1.29, 1.82) is 0 Å². The van der Waals surface area contributed by atoms with E-state index >= 15 is 0 Å². The van der Waals surface area contributed by atoms with E-state index in [0.717, 1.165) is 38.1 Å². The monoisotopic (exact) mass is 466 g/mol. The summed E-state index contributed by atoms with van der Waals surface area (Å²) in [5.74, 6) is -1.69. The molecule has 3 rings (SSSR count). The molecule has 2 heterocycles. The molecule has 1 aromatic heterocycles. The van der Waals surface area contributed by atoms with Crippen LogP contribution in [0.4, 0.5) is 18.7 Å². The molecule has 1 aliphatic heterocycles. The molecule has 32 heavy (non-hydrogen) atoms. The molecule has 0 bridgehead atoms. The lowest BCUT2D eigenvalue weighted by molar-refractivity contribution is -0.117. The molecule has 0 saturated carbocycles. The fourth-order valence-corrected chi connectivity index (χ4v) is 4.11. The van der Waals surface area contributed by atoms with E-state index in [0.29, 0.717) is 28.9 Å². The molecular formula is C22H28F2N4O3S. The number of benzene rings is 1. The Morgan fingerprint density at radius 2 is 1.94 bits per heavy atom. The number of ether oxygens (including phenoxy) is 1. The maximum Gasteiger partial charge on any atom is 0.407 e. The molecule has 2 aromatic rings. The van der Waals surface area contributed by atoms with Gasteiger partial charge in [0, 0.05) is 17.5 Å². The van der Waals surface area contributed by atoms with Crippen LogP contribution in [-0.2, 0) is 9.53 Å². The highest BCUT2D eigenvalue weighted by Gasteiger charge is 2.23. The van der Waals surface area contributed by atoms with Gasteiger partial charge in [0.25, 0.3) is 0 Å². The van der Waals surface area contributed by atoms with E-state index < -0.39 is 23.3 Å². The Bertz CT molecular complexity index is 953. The third kappa shape index (κ3) is 7.23. The van der Waals surface area contributed by atoms with Gasteiger partial charge >= 0.3 is 6.09 Å². The number of carbonyl (C=O) groups excluding carboxylic acids is 2. The summed E-state index contributed by atoms with van der Waals surface area (Å²) >= 11 is 1.23. The zero-order valence-electron chi connectivity index (χ0n) is 18.4. The number of hydrogen-bond acceptors (Lipinski definition) is 6. The lowest BCUT2D eigenvalue weighted by atomic mass is 9.97. The molecule has 0 unspecified atom stereocenters. The van der Waals surface area contributed by atoms with Crippen molar-refractivity contribution < 1.29 is 23.1 Å². The molecule has 174 valence electrons. The molecule has 1 fully saturated rings. The number of amides is 2. The smallest absolute Gasteiger partial charge is 0.407 e. The van der Waals surface area contributed by atoms with Crippen molar-refractivity contribution in [3.05, 3.63) is 35.2 Å². The standard InChI is InChI=1S/C22H28F2N4O3S/c1-22(2,3)31-21(30)25-11-14-6-8-28(9-7-14)12-19(29)27-20-26-18(13-32-20)15-4-5-16(23)17(24)10-15/h4-5,10,13-14H,6-9,11-12H2,1-3H3,(H,25,30)(H,26,27,29). The fraction of sp³-hybridized carbons (Fsp3) is 0.500. The van der Waals surface area contributed by atoms with Crippen molar-refractivity contribution in [3.8, 4) is 11.3 Å². The number of anilines is 1. The van der Waals surface area contributed by atoms with Gasteiger partial charge in [-0.15, -0.1) is 11.3 Å². The van der Waals surface area contributed by atoms with Crippen LogP contribution in [0.2, 0.25) is 0 Å². The fourth-order valence-electron chi connectivity index (χ4n) is 3.37. The molecule has 1 aromatic carbocycles. The van der Waals surface area contributed by atoms with Crippen LogP contribution < -0.4 is 10.6 Å². The van der Waals surface area contributed by atoms with Gasteiger partial charge < -0.3 is 15.4 Å². The van der Waals surface area contributed by atoms with Crippen LogP contribution in [0.1, 0.15) is 33.6 Å². The van der Waals surface area contributed by atoms with Gasteiger partial charge in [0.05, 0.1) is 12.2 Å². The average molecular weight is 467 g/mol. The number of carbonyl (C=O) groups is 2. The van der Waals surface area contributed by atoms with E-state index in [1.54, 1.807) is 5.38 Å². The second-order valence-corrected chi connectivity index (χ2v) is 9.68. The summed E-state index contributed by atoms with van der Waals surface area (Å²) < 4.78 is 31.8.